The first-order valence-electron chi connectivity index (χ1n) is 6.60. The Bertz CT molecular complexity index is 593. The number of methoxy groups -OCH3 is 1. The molecule has 0 aliphatic rings. The van der Waals surface area contributed by atoms with Crippen molar-refractivity contribution < 1.29 is 9.84 Å². The average molecular weight is 295 g/mol. The highest BCUT2D eigenvalue weighted by Crippen LogP contribution is 2.38. The van der Waals surface area contributed by atoms with Crippen LogP contribution < -0.4 is 4.74 Å². The molecule has 4 nitrogen and oxygen atoms in total. The number of rotatable bonds is 5. The van der Waals surface area contributed by atoms with Crippen molar-refractivity contribution in [2.24, 2.45) is 0 Å². The molecular weight excluding hydrogens is 276 g/mol. The van der Waals surface area contributed by atoms with Crippen molar-refractivity contribution in [2.75, 3.05) is 7.11 Å². The lowest BCUT2D eigenvalue weighted by atomic mass is 9.91. The Labute approximate surface area is 123 Å². The van der Waals surface area contributed by atoms with Crippen molar-refractivity contribution in [1.29, 1.82) is 0 Å². The number of hydrogen-bond acceptors (Lipinski definition) is 3. The third-order valence-electron chi connectivity index (χ3n) is 3.32. The molecule has 5 heteroatoms. The van der Waals surface area contributed by atoms with E-state index in [1.807, 2.05) is 24.3 Å². The van der Waals surface area contributed by atoms with Crippen LogP contribution in [0.4, 0.5) is 0 Å². The smallest absolute Gasteiger partial charge is 0.133 e. The van der Waals surface area contributed by atoms with Crippen LogP contribution in [0.25, 0.3) is 0 Å². The Morgan fingerprint density at radius 2 is 2.10 bits per heavy atom. The summed E-state index contributed by atoms with van der Waals surface area (Å²) >= 11 is 6.23. The molecule has 0 radical (unpaired) electrons. The van der Waals surface area contributed by atoms with E-state index in [0.29, 0.717) is 28.6 Å². The van der Waals surface area contributed by atoms with Gasteiger partial charge in [-0.2, -0.15) is 5.10 Å². The highest BCUT2D eigenvalue weighted by molar-refractivity contribution is 6.31. The summed E-state index contributed by atoms with van der Waals surface area (Å²) in [6.45, 7) is 4.46. The molecule has 1 heterocycles. The monoisotopic (exact) mass is 294 g/mol. The van der Waals surface area contributed by atoms with Crippen LogP contribution in [0.5, 0.6) is 5.75 Å². The van der Waals surface area contributed by atoms with E-state index in [1.165, 1.54) is 0 Å². The average Bonchev–Trinajstić information content (AvgIpc) is 2.81. The maximum absolute atomic E-state index is 11.0. The quantitative estimate of drug-likeness (QED) is 0.921. The molecule has 0 aliphatic carbocycles. The van der Waals surface area contributed by atoms with Crippen molar-refractivity contribution in [3.8, 4) is 5.75 Å². The second-order valence-electron chi connectivity index (χ2n) is 4.84. The number of ether oxygens (including phenoxy) is 1. The van der Waals surface area contributed by atoms with Crippen molar-refractivity contribution in [1.82, 2.24) is 9.78 Å². The van der Waals surface area contributed by atoms with E-state index in [1.54, 1.807) is 24.9 Å². The predicted octanol–water partition coefficient (Wildman–Crippen LogP) is 3.21. The van der Waals surface area contributed by atoms with Crippen molar-refractivity contribution >= 4 is 11.6 Å². The van der Waals surface area contributed by atoms with Crippen molar-refractivity contribution in [2.45, 2.75) is 32.4 Å². The zero-order valence-corrected chi connectivity index (χ0v) is 12.7. The van der Waals surface area contributed by atoms with Gasteiger partial charge >= 0.3 is 0 Å². The maximum atomic E-state index is 11.0. The lowest BCUT2D eigenvalue weighted by molar-refractivity contribution is 0.0885. The molecule has 1 aromatic heterocycles. The Balaban J connectivity index is 2.57. The van der Waals surface area contributed by atoms with E-state index in [0.717, 1.165) is 6.42 Å². The summed E-state index contributed by atoms with van der Waals surface area (Å²) < 4.78 is 7.08. The number of aliphatic hydroxyl groups is 1. The van der Waals surface area contributed by atoms with Crippen LogP contribution in [0.3, 0.4) is 0 Å². The fourth-order valence-corrected chi connectivity index (χ4v) is 2.73. The molecule has 0 spiro atoms. The van der Waals surface area contributed by atoms with Crippen LogP contribution in [0.2, 0.25) is 5.02 Å². The number of aryl methyl sites for hydroxylation is 1. The molecule has 108 valence electrons. The van der Waals surface area contributed by atoms with Gasteiger partial charge in [0.1, 0.15) is 11.4 Å². The minimum Gasteiger partial charge on any atom is -0.496 e. The molecule has 0 saturated heterocycles. The standard InChI is InChI=1S/C15H19ClN2O2/c1-4-9-18-14(12(16)10-17-18)15(2,19)11-7-5-6-8-13(11)20-3/h5-8,10,19H,4,9H2,1-3H3. The molecular formula is C15H19ClN2O2. The van der Waals surface area contributed by atoms with E-state index in [4.69, 9.17) is 16.3 Å². The molecule has 20 heavy (non-hydrogen) atoms. The van der Waals surface area contributed by atoms with Gasteiger partial charge in [0.2, 0.25) is 0 Å². The zero-order valence-electron chi connectivity index (χ0n) is 11.9. The molecule has 0 aliphatic heterocycles. The molecule has 0 saturated carbocycles. The molecule has 0 bridgehead atoms. The van der Waals surface area contributed by atoms with Crippen LogP contribution in [0, 0.1) is 0 Å². The van der Waals surface area contributed by atoms with Gasteiger partial charge in [0.25, 0.3) is 0 Å². The topological polar surface area (TPSA) is 47.3 Å². The van der Waals surface area contributed by atoms with Crippen molar-refractivity contribution in [3.63, 3.8) is 0 Å². The van der Waals surface area contributed by atoms with Crippen LogP contribution in [-0.2, 0) is 12.1 Å². The minimum absolute atomic E-state index is 0.453. The molecule has 1 atom stereocenters. The van der Waals surface area contributed by atoms with E-state index < -0.39 is 5.60 Å². The Morgan fingerprint density at radius 3 is 2.75 bits per heavy atom. The van der Waals surface area contributed by atoms with E-state index in [9.17, 15) is 5.11 Å². The second kappa shape index (κ2) is 5.85. The molecule has 0 fully saturated rings. The van der Waals surface area contributed by atoms with Crippen molar-refractivity contribution in [3.05, 3.63) is 46.7 Å². The van der Waals surface area contributed by atoms with E-state index in [-0.39, 0.29) is 0 Å². The van der Waals surface area contributed by atoms with Gasteiger partial charge in [-0.15, -0.1) is 0 Å². The molecule has 1 unspecified atom stereocenters. The van der Waals surface area contributed by atoms with Gasteiger partial charge in [-0.05, 0) is 19.4 Å². The number of benzene rings is 1. The van der Waals surface area contributed by atoms with Gasteiger partial charge in [0, 0.05) is 12.1 Å². The fourth-order valence-electron chi connectivity index (χ4n) is 2.40. The first kappa shape index (κ1) is 14.9. The molecule has 2 rings (SSSR count). The molecule has 1 N–H and O–H groups in total. The summed E-state index contributed by atoms with van der Waals surface area (Å²) in [5, 5.41) is 15.7. The van der Waals surface area contributed by atoms with E-state index >= 15 is 0 Å². The molecule has 2 aromatic rings. The van der Waals surface area contributed by atoms with Gasteiger partial charge in [-0.25, -0.2) is 0 Å². The summed E-state index contributed by atoms with van der Waals surface area (Å²) in [4.78, 5) is 0. The lowest BCUT2D eigenvalue weighted by Crippen LogP contribution is -2.28. The fraction of sp³-hybridized carbons (Fsp3) is 0.400. The normalized spacial score (nSPS) is 14.1. The maximum Gasteiger partial charge on any atom is 0.133 e. The van der Waals surface area contributed by atoms with Crippen LogP contribution in [-0.4, -0.2) is 22.0 Å². The zero-order chi connectivity index (χ0) is 14.8. The third-order valence-corrected chi connectivity index (χ3v) is 3.60. The predicted molar refractivity (Wildman–Crippen MR) is 79.2 cm³/mol. The Kier molecular flexibility index (Phi) is 4.35. The minimum atomic E-state index is -1.27. The summed E-state index contributed by atoms with van der Waals surface area (Å²) in [7, 11) is 1.58. The van der Waals surface area contributed by atoms with Gasteiger partial charge < -0.3 is 9.84 Å². The largest absolute Gasteiger partial charge is 0.496 e. The number of nitrogens with zero attached hydrogens (tertiary/aromatic N) is 2. The number of para-hydroxylation sites is 1. The summed E-state index contributed by atoms with van der Waals surface area (Å²) in [6.07, 6.45) is 2.48. The second-order valence-corrected chi connectivity index (χ2v) is 5.24. The Hall–Kier alpha value is -1.52. The number of hydrogen-bond donors (Lipinski definition) is 1. The highest BCUT2D eigenvalue weighted by Gasteiger charge is 2.34. The number of halogens is 1. The van der Waals surface area contributed by atoms with Crippen LogP contribution >= 0.6 is 11.6 Å². The summed E-state index contributed by atoms with van der Waals surface area (Å²) in [5.74, 6) is 0.623. The first-order chi connectivity index (χ1) is 9.52. The summed E-state index contributed by atoms with van der Waals surface area (Å²) in [6, 6.07) is 7.38. The van der Waals surface area contributed by atoms with Gasteiger partial charge in [0.15, 0.2) is 0 Å². The number of aromatic nitrogens is 2. The first-order valence-corrected chi connectivity index (χ1v) is 6.97. The van der Waals surface area contributed by atoms with Crippen LogP contribution in [0.15, 0.2) is 30.5 Å². The SMILES string of the molecule is CCCn1ncc(Cl)c1C(C)(O)c1ccccc1OC. The lowest BCUT2D eigenvalue weighted by Gasteiger charge is -2.27. The van der Waals surface area contributed by atoms with Gasteiger partial charge in [-0.1, -0.05) is 36.7 Å². The van der Waals surface area contributed by atoms with Gasteiger partial charge in [0.05, 0.1) is 24.0 Å². The Morgan fingerprint density at radius 1 is 1.40 bits per heavy atom. The van der Waals surface area contributed by atoms with E-state index in [2.05, 4.69) is 12.0 Å². The molecule has 0 amide bonds. The third kappa shape index (κ3) is 2.53. The summed E-state index contributed by atoms with van der Waals surface area (Å²) in [5.41, 5.74) is -0.0113. The van der Waals surface area contributed by atoms with Gasteiger partial charge in [-0.3, -0.25) is 4.68 Å². The highest BCUT2D eigenvalue weighted by atomic mass is 35.5. The van der Waals surface area contributed by atoms with Crippen LogP contribution in [0.1, 0.15) is 31.5 Å². The molecule has 1 aromatic carbocycles.